The topological polar surface area (TPSA) is 42.0 Å². The summed E-state index contributed by atoms with van der Waals surface area (Å²) < 4.78 is 37.0. The van der Waals surface area contributed by atoms with Crippen LogP contribution in [0.1, 0.15) is 43.0 Å². The van der Waals surface area contributed by atoms with E-state index in [9.17, 15) is 18.0 Å². The van der Waals surface area contributed by atoms with Crippen molar-refractivity contribution in [1.82, 2.24) is 10.3 Å². The number of amides is 1. The Hall–Kier alpha value is -1.24. The van der Waals surface area contributed by atoms with Crippen molar-refractivity contribution in [3.63, 3.8) is 0 Å². The van der Waals surface area contributed by atoms with Crippen molar-refractivity contribution in [2.45, 2.75) is 49.9 Å². The number of rotatable bonds is 4. The number of aromatic nitrogens is 1. The number of nitrogens with zero attached hydrogens (tertiary/aromatic N) is 1. The number of nitrogens with one attached hydrogen (secondary N) is 1. The van der Waals surface area contributed by atoms with Crippen LogP contribution in [0.5, 0.6) is 0 Å². The lowest BCUT2D eigenvalue weighted by molar-refractivity contribution is -0.105. The number of thioether (sulfide) groups is 1. The Balaban J connectivity index is 2.05. The van der Waals surface area contributed by atoms with Crippen LogP contribution in [0.15, 0.2) is 23.4 Å². The minimum absolute atomic E-state index is 0.0851. The first-order valence-corrected chi connectivity index (χ1v) is 8.31. The summed E-state index contributed by atoms with van der Waals surface area (Å²) in [6, 6.07) is 3.17. The van der Waals surface area contributed by atoms with Gasteiger partial charge in [0.25, 0.3) is 5.91 Å². The molecule has 7 heteroatoms. The van der Waals surface area contributed by atoms with Gasteiger partial charge < -0.3 is 5.32 Å². The quantitative estimate of drug-likeness (QED) is 0.846. The van der Waals surface area contributed by atoms with Crippen LogP contribution in [0.3, 0.4) is 0 Å². The first kappa shape index (κ1) is 17.1. The van der Waals surface area contributed by atoms with E-state index in [1.807, 2.05) is 0 Å². The second-order valence-electron chi connectivity index (χ2n) is 5.60. The fourth-order valence-electron chi connectivity index (χ4n) is 2.61. The van der Waals surface area contributed by atoms with Gasteiger partial charge in [-0.15, -0.1) is 0 Å². The van der Waals surface area contributed by atoms with Crippen molar-refractivity contribution >= 4 is 17.7 Å². The van der Waals surface area contributed by atoms with Gasteiger partial charge in [0, 0.05) is 12.2 Å². The molecule has 122 valence electrons. The second-order valence-corrected chi connectivity index (χ2v) is 6.57. The molecule has 1 aromatic rings. The molecule has 1 saturated carbocycles. The lowest BCUT2D eigenvalue weighted by atomic mass is 9.86. The first-order chi connectivity index (χ1) is 10.4. The van der Waals surface area contributed by atoms with Crippen LogP contribution < -0.4 is 5.32 Å². The fraction of sp³-hybridized carbons (Fsp3) is 0.600. The van der Waals surface area contributed by atoms with Gasteiger partial charge in [-0.2, -0.15) is 13.2 Å². The van der Waals surface area contributed by atoms with Crippen molar-refractivity contribution in [2.75, 3.05) is 5.75 Å². The van der Waals surface area contributed by atoms with Gasteiger partial charge in [0.1, 0.15) is 5.03 Å². The molecule has 0 aromatic carbocycles. The van der Waals surface area contributed by atoms with Crippen LogP contribution in [0, 0.1) is 5.92 Å². The molecule has 0 saturated heterocycles. The molecule has 3 nitrogen and oxygen atoms in total. The molecule has 1 heterocycles. The van der Waals surface area contributed by atoms with Crippen molar-refractivity contribution in [3.05, 3.63) is 23.9 Å². The van der Waals surface area contributed by atoms with Gasteiger partial charge in [0.05, 0.1) is 11.3 Å². The van der Waals surface area contributed by atoms with Gasteiger partial charge in [-0.3, -0.25) is 4.79 Å². The molecule has 1 amide bonds. The predicted octanol–water partition coefficient (Wildman–Crippen LogP) is 4.04. The van der Waals surface area contributed by atoms with Crippen molar-refractivity contribution < 1.29 is 18.0 Å². The molecule has 1 fully saturated rings. The molecule has 22 heavy (non-hydrogen) atoms. The van der Waals surface area contributed by atoms with E-state index in [1.54, 1.807) is 6.07 Å². The minimum Gasteiger partial charge on any atom is -0.349 e. The number of hydrogen-bond acceptors (Lipinski definition) is 3. The lowest BCUT2D eigenvalue weighted by Gasteiger charge is -2.29. The molecular formula is C15H19F3N2OS. The van der Waals surface area contributed by atoms with E-state index in [4.69, 9.17) is 0 Å². The predicted molar refractivity (Wildman–Crippen MR) is 79.9 cm³/mol. The Morgan fingerprint density at radius 2 is 2.14 bits per heavy atom. The fourth-order valence-corrected chi connectivity index (χ4v) is 3.36. The third-order valence-electron chi connectivity index (χ3n) is 3.82. The van der Waals surface area contributed by atoms with Crippen molar-refractivity contribution in [3.8, 4) is 0 Å². The molecule has 2 atom stereocenters. The van der Waals surface area contributed by atoms with Gasteiger partial charge in [-0.1, -0.05) is 31.5 Å². The molecule has 1 aliphatic carbocycles. The maximum atomic E-state index is 12.4. The largest absolute Gasteiger partial charge is 0.398 e. The summed E-state index contributed by atoms with van der Waals surface area (Å²) in [6.45, 7) is 2.09. The van der Waals surface area contributed by atoms with Crippen LogP contribution in [0.2, 0.25) is 0 Å². The second kappa shape index (κ2) is 7.35. The molecule has 0 unspecified atom stereocenters. The smallest absolute Gasteiger partial charge is 0.349 e. The summed E-state index contributed by atoms with van der Waals surface area (Å²) in [5.41, 5.74) is 0.217. The van der Waals surface area contributed by atoms with Gasteiger partial charge in [-0.05, 0) is 30.9 Å². The summed E-state index contributed by atoms with van der Waals surface area (Å²) >= 11 is 0.548. The van der Waals surface area contributed by atoms with E-state index < -0.39 is 11.9 Å². The van der Waals surface area contributed by atoms with Gasteiger partial charge in [0.2, 0.25) is 0 Å². The van der Waals surface area contributed by atoms with E-state index in [0.29, 0.717) is 17.7 Å². The Bertz CT molecular complexity index is 522. The summed E-state index contributed by atoms with van der Waals surface area (Å²) in [4.78, 5) is 16.3. The van der Waals surface area contributed by atoms with Crippen LogP contribution in [0.4, 0.5) is 13.2 Å². The summed E-state index contributed by atoms with van der Waals surface area (Å²) in [5, 5.41) is 3.07. The molecule has 0 radical (unpaired) electrons. The third kappa shape index (κ3) is 4.90. The molecule has 2 rings (SSSR count). The monoisotopic (exact) mass is 332 g/mol. The van der Waals surface area contributed by atoms with Crippen LogP contribution in [0.25, 0.3) is 0 Å². The zero-order valence-electron chi connectivity index (χ0n) is 12.3. The highest BCUT2D eigenvalue weighted by Gasteiger charge is 2.29. The van der Waals surface area contributed by atoms with Crippen LogP contribution in [-0.4, -0.2) is 28.9 Å². The molecule has 1 N–H and O–H groups in total. The van der Waals surface area contributed by atoms with Crippen LogP contribution >= 0.6 is 11.8 Å². The lowest BCUT2D eigenvalue weighted by Crippen LogP contribution is -2.41. The number of pyridine rings is 1. The SMILES string of the molecule is C[C@@H]1CCCC[C@@H]1NC(=O)c1cccnc1SCC(F)(F)F. The van der Waals surface area contributed by atoms with E-state index in [1.165, 1.54) is 12.3 Å². The van der Waals surface area contributed by atoms with Gasteiger partial charge in [0.15, 0.2) is 0 Å². The first-order valence-electron chi connectivity index (χ1n) is 7.32. The molecule has 1 aromatic heterocycles. The van der Waals surface area contributed by atoms with Crippen LogP contribution in [-0.2, 0) is 0 Å². The molecule has 0 bridgehead atoms. The Labute approximate surface area is 132 Å². The maximum Gasteiger partial charge on any atom is 0.398 e. The number of hydrogen-bond donors (Lipinski definition) is 1. The van der Waals surface area contributed by atoms with E-state index in [2.05, 4.69) is 17.2 Å². The minimum atomic E-state index is -4.28. The maximum absolute atomic E-state index is 12.4. The highest BCUT2D eigenvalue weighted by Crippen LogP contribution is 2.29. The van der Waals surface area contributed by atoms with Crippen molar-refractivity contribution in [2.24, 2.45) is 5.92 Å². The Morgan fingerprint density at radius 3 is 2.82 bits per heavy atom. The van der Waals surface area contributed by atoms with E-state index >= 15 is 0 Å². The number of carbonyl (C=O) groups is 1. The normalized spacial score (nSPS) is 22.4. The average Bonchev–Trinajstić information content (AvgIpc) is 2.47. The number of alkyl halides is 3. The van der Waals surface area contributed by atoms with Gasteiger partial charge >= 0.3 is 6.18 Å². The molecule has 0 aliphatic heterocycles. The molecular weight excluding hydrogens is 313 g/mol. The van der Waals surface area contributed by atoms with E-state index in [-0.39, 0.29) is 22.5 Å². The highest BCUT2D eigenvalue weighted by atomic mass is 32.2. The Morgan fingerprint density at radius 1 is 1.41 bits per heavy atom. The standard InChI is InChI=1S/C15H19F3N2OS/c1-10-5-2-3-7-12(10)20-13(21)11-6-4-8-19-14(11)22-9-15(16,17)18/h4,6,8,10,12H,2-3,5,7,9H2,1H3,(H,20,21)/t10-,12+/m1/s1. The van der Waals surface area contributed by atoms with Gasteiger partial charge in [-0.25, -0.2) is 4.98 Å². The third-order valence-corrected chi connectivity index (χ3v) is 4.89. The molecule has 0 spiro atoms. The zero-order chi connectivity index (χ0) is 16.2. The summed E-state index contributed by atoms with van der Waals surface area (Å²) in [7, 11) is 0. The summed E-state index contributed by atoms with van der Waals surface area (Å²) in [5.74, 6) is -0.999. The summed E-state index contributed by atoms with van der Waals surface area (Å²) in [6.07, 6.45) is 1.32. The van der Waals surface area contributed by atoms with E-state index in [0.717, 1.165) is 25.7 Å². The Kier molecular flexibility index (Phi) is 5.72. The van der Waals surface area contributed by atoms with Crippen molar-refractivity contribution in [1.29, 1.82) is 0 Å². The average molecular weight is 332 g/mol. The molecule has 1 aliphatic rings. The number of halogens is 3. The number of carbonyl (C=O) groups excluding carboxylic acids is 1. The zero-order valence-corrected chi connectivity index (χ0v) is 13.1. The highest BCUT2D eigenvalue weighted by molar-refractivity contribution is 7.99.